The maximum absolute atomic E-state index is 13.5. The van der Waals surface area contributed by atoms with Crippen molar-refractivity contribution in [1.29, 1.82) is 0 Å². The molecule has 3 N–H and O–H groups in total. The van der Waals surface area contributed by atoms with Crippen molar-refractivity contribution in [2.75, 3.05) is 0 Å². The minimum Gasteiger partial charge on any atom is -0.454 e. The van der Waals surface area contributed by atoms with Gasteiger partial charge in [-0.25, -0.2) is 17.9 Å². The van der Waals surface area contributed by atoms with Crippen molar-refractivity contribution in [3.63, 3.8) is 0 Å². The fourth-order valence-corrected chi connectivity index (χ4v) is 3.35. The number of benzene rings is 2. The summed E-state index contributed by atoms with van der Waals surface area (Å²) in [4.78, 5) is 14.6. The van der Waals surface area contributed by atoms with Gasteiger partial charge < -0.3 is 9.40 Å². The molecule has 6 nitrogen and oxygen atoms in total. The first-order valence-electron chi connectivity index (χ1n) is 7.21. The first-order chi connectivity index (χ1) is 11.8. The highest BCUT2D eigenvalue weighted by Crippen LogP contribution is 2.34. The van der Waals surface area contributed by atoms with Crippen LogP contribution in [0, 0.1) is 5.82 Å². The molecule has 0 unspecified atom stereocenters. The van der Waals surface area contributed by atoms with Crippen molar-refractivity contribution in [2.45, 2.75) is 4.90 Å². The molecule has 126 valence electrons. The van der Waals surface area contributed by atoms with Crippen LogP contribution in [0.15, 0.2) is 62.6 Å². The molecule has 2 aromatic heterocycles. The number of pyridine rings is 1. The minimum absolute atomic E-state index is 0.0828. The molecule has 0 aliphatic heterocycles. The van der Waals surface area contributed by atoms with Crippen LogP contribution in [0.25, 0.3) is 33.2 Å². The Bertz CT molecular complexity index is 1310. The highest BCUT2D eigenvalue weighted by Gasteiger charge is 2.16. The zero-order valence-electron chi connectivity index (χ0n) is 12.6. The third-order valence-corrected chi connectivity index (χ3v) is 4.80. The van der Waals surface area contributed by atoms with Crippen LogP contribution in [0.5, 0.6) is 0 Å². The Morgan fingerprint density at radius 1 is 1.08 bits per heavy atom. The summed E-state index contributed by atoms with van der Waals surface area (Å²) in [7, 11) is -3.89. The second kappa shape index (κ2) is 5.27. The van der Waals surface area contributed by atoms with E-state index in [1.165, 1.54) is 42.5 Å². The van der Waals surface area contributed by atoms with Crippen LogP contribution in [-0.2, 0) is 10.0 Å². The van der Waals surface area contributed by atoms with Gasteiger partial charge in [0.05, 0.1) is 10.4 Å². The molecule has 0 saturated carbocycles. The topological polar surface area (TPSA) is 106 Å². The van der Waals surface area contributed by atoms with E-state index < -0.39 is 21.4 Å². The minimum atomic E-state index is -3.89. The highest BCUT2D eigenvalue weighted by molar-refractivity contribution is 7.89. The molecule has 2 aromatic carbocycles. The molecule has 4 aromatic rings. The monoisotopic (exact) mass is 358 g/mol. The molecule has 2 heterocycles. The molecule has 8 heteroatoms. The number of aromatic amines is 1. The molecule has 0 spiro atoms. The molecule has 0 atom stereocenters. The number of nitrogens with one attached hydrogen (secondary N) is 1. The maximum Gasteiger partial charge on any atom is 0.249 e. The second-order valence-corrected chi connectivity index (χ2v) is 7.13. The summed E-state index contributed by atoms with van der Waals surface area (Å²) in [6.45, 7) is 0. The normalized spacial score (nSPS) is 12.1. The molecular formula is C17H11FN2O4S. The lowest BCUT2D eigenvalue weighted by Crippen LogP contribution is -2.12. The Labute approximate surface area is 140 Å². The van der Waals surface area contributed by atoms with E-state index in [0.717, 1.165) is 0 Å². The number of primary sulfonamides is 1. The Hall–Kier alpha value is -2.97. The van der Waals surface area contributed by atoms with Crippen molar-refractivity contribution in [2.24, 2.45) is 5.14 Å². The molecule has 0 aliphatic carbocycles. The van der Waals surface area contributed by atoms with Crippen molar-refractivity contribution >= 4 is 32.1 Å². The van der Waals surface area contributed by atoms with Crippen molar-refractivity contribution < 1.29 is 17.2 Å². The van der Waals surface area contributed by atoms with Gasteiger partial charge in [-0.05, 0) is 35.9 Å². The molecule has 25 heavy (non-hydrogen) atoms. The summed E-state index contributed by atoms with van der Waals surface area (Å²) in [5, 5.41) is 5.59. The highest BCUT2D eigenvalue weighted by atomic mass is 32.2. The molecule has 4 rings (SSSR count). The summed E-state index contributed by atoms with van der Waals surface area (Å²) in [6.07, 6.45) is 0. The molecule has 0 saturated heterocycles. The van der Waals surface area contributed by atoms with Crippen LogP contribution < -0.4 is 10.7 Å². The number of hydrogen-bond donors (Lipinski definition) is 2. The number of sulfonamides is 1. The molecule has 0 amide bonds. The summed E-state index contributed by atoms with van der Waals surface area (Å²) < 4.78 is 42.4. The van der Waals surface area contributed by atoms with E-state index in [2.05, 4.69) is 4.98 Å². The third-order valence-electron chi connectivity index (χ3n) is 3.89. The van der Waals surface area contributed by atoms with Gasteiger partial charge in [0.1, 0.15) is 11.4 Å². The Balaban J connectivity index is 2.09. The Morgan fingerprint density at radius 2 is 1.88 bits per heavy atom. The van der Waals surface area contributed by atoms with E-state index in [1.54, 1.807) is 6.07 Å². The predicted octanol–water partition coefficient (Wildman–Crippen LogP) is 2.73. The average Bonchev–Trinajstić information content (AvgIpc) is 2.91. The van der Waals surface area contributed by atoms with Crippen LogP contribution in [0.2, 0.25) is 0 Å². The van der Waals surface area contributed by atoms with E-state index in [0.29, 0.717) is 33.2 Å². The number of furan rings is 1. The molecular weight excluding hydrogens is 347 g/mol. The summed E-state index contributed by atoms with van der Waals surface area (Å²) in [5.74, 6) is -0.460. The predicted molar refractivity (Wildman–Crippen MR) is 91.1 cm³/mol. The van der Waals surface area contributed by atoms with Crippen LogP contribution in [0.1, 0.15) is 0 Å². The van der Waals surface area contributed by atoms with E-state index in [9.17, 15) is 17.6 Å². The molecule has 0 bridgehead atoms. The Morgan fingerprint density at radius 3 is 2.64 bits per heavy atom. The fraction of sp³-hybridized carbons (Fsp3) is 0. The first kappa shape index (κ1) is 15.6. The zero-order valence-corrected chi connectivity index (χ0v) is 13.4. The lowest BCUT2D eigenvalue weighted by Gasteiger charge is -2.04. The average molecular weight is 358 g/mol. The van der Waals surface area contributed by atoms with E-state index in [1.807, 2.05) is 0 Å². The summed E-state index contributed by atoms with van der Waals surface area (Å²) >= 11 is 0. The van der Waals surface area contributed by atoms with Gasteiger partial charge in [-0.15, -0.1) is 0 Å². The number of fused-ring (bicyclic) bond motifs is 3. The lowest BCUT2D eigenvalue weighted by atomic mass is 10.1. The van der Waals surface area contributed by atoms with Gasteiger partial charge in [0.2, 0.25) is 15.6 Å². The number of H-pyrrole nitrogens is 1. The smallest absolute Gasteiger partial charge is 0.249 e. The van der Waals surface area contributed by atoms with Gasteiger partial charge in [-0.3, -0.25) is 4.79 Å². The fourth-order valence-electron chi connectivity index (χ4n) is 2.79. The summed E-state index contributed by atoms with van der Waals surface area (Å²) in [5.41, 5.74) is 1.49. The Kier molecular flexibility index (Phi) is 3.28. The van der Waals surface area contributed by atoms with Gasteiger partial charge in [0.25, 0.3) is 0 Å². The van der Waals surface area contributed by atoms with Crippen molar-refractivity contribution in [3.05, 3.63) is 64.7 Å². The van der Waals surface area contributed by atoms with Crippen molar-refractivity contribution in [3.8, 4) is 11.1 Å². The number of aromatic nitrogens is 1. The lowest BCUT2D eigenvalue weighted by molar-refractivity contribution is 0.598. The maximum atomic E-state index is 13.5. The molecule has 0 radical (unpaired) electrons. The van der Waals surface area contributed by atoms with Crippen LogP contribution in [0.4, 0.5) is 4.39 Å². The van der Waals surface area contributed by atoms with Gasteiger partial charge in [-0.2, -0.15) is 0 Å². The largest absolute Gasteiger partial charge is 0.454 e. The van der Waals surface area contributed by atoms with Gasteiger partial charge in [-0.1, -0.05) is 12.1 Å². The van der Waals surface area contributed by atoms with Crippen LogP contribution in [0.3, 0.4) is 0 Å². The van der Waals surface area contributed by atoms with Gasteiger partial charge in [0.15, 0.2) is 5.58 Å². The third kappa shape index (κ3) is 2.61. The van der Waals surface area contributed by atoms with Gasteiger partial charge in [0, 0.05) is 17.0 Å². The van der Waals surface area contributed by atoms with E-state index >= 15 is 0 Å². The quantitative estimate of drug-likeness (QED) is 0.574. The number of rotatable bonds is 2. The SMILES string of the molecule is NS(=O)(=O)c1cccc(-c2cc(=O)[nH]c3c2oc2ccc(F)cc23)c1. The van der Waals surface area contributed by atoms with E-state index in [-0.39, 0.29) is 4.90 Å². The summed E-state index contributed by atoms with van der Waals surface area (Å²) in [6, 6.07) is 11.2. The molecule has 0 aliphatic rings. The standard InChI is InChI=1S/C17H11FN2O4S/c18-10-4-5-14-13(7-10)16-17(24-14)12(8-15(21)20-16)9-2-1-3-11(6-9)25(19,22)23/h1-8H,(H,20,21)(H2,19,22,23). The van der Waals surface area contributed by atoms with Crippen molar-refractivity contribution in [1.82, 2.24) is 4.98 Å². The van der Waals surface area contributed by atoms with E-state index in [4.69, 9.17) is 9.56 Å². The first-order valence-corrected chi connectivity index (χ1v) is 8.76. The number of hydrogen-bond acceptors (Lipinski definition) is 4. The number of halogens is 1. The van der Waals surface area contributed by atoms with Crippen LogP contribution >= 0.6 is 0 Å². The van der Waals surface area contributed by atoms with Gasteiger partial charge >= 0.3 is 0 Å². The molecule has 0 fully saturated rings. The second-order valence-electron chi connectivity index (χ2n) is 5.57. The zero-order chi connectivity index (χ0) is 17.8. The van der Waals surface area contributed by atoms with Crippen LogP contribution in [-0.4, -0.2) is 13.4 Å². The number of nitrogens with two attached hydrogens (primary N) is 1.